The molecule has 0 saturated heterocycles. The average molecular weight is 1700 g/mol. The van der Waals surface area contributed by atoms with Gasteiger partial charge in [0, 0.05) is 68.8 Å². The summed E-state index contributed by atoms with van der Waals surface area (Å²) in [5, 5.41) is 10.9. The van der Waals surface area contributed by atoms with Crippen LogP contribution in [0.5, 0.6) is 0 Å². The fourth-order valence-electron chi connectivity index (χ4n) is 26.3. The Bertz CT molecular complexity index is 7000. The number of pyridine rings is 4. The minimum atomic E-state index is 0.775. The summed E-state index contributed by atoms with van der Waals surface area (Å²) in [7, 11) is 8.60. The second-order valence-electron chi connectivity index (χ2n) is 41.9. The first-order valence-electron chi connectivity index (χ1n) is 49.7. The molecule has 10 aliphatic rings. The molecule has 0 spiro atoms. The van der Waals surface area contributed by atoms with Crippen LogP contribution in [0.15, 0.2) is 292 Å². The zero-order valence-corrected chi connectivity index (χ0v) is 79.2. The first-order chi connectivity index (χ1) is 63.2. The smallest absolute Gasteiger partial charge is 0.201 e. The maximum absolute atomic E-state index is 2.49. The summed E-state index contributed by atoms with van der Waals surface area (Å²) in [4.78, 5) is 0. The maximum atomic E-state index is 2.49. The van der Waals surface area contributed by atoms with Crippen molar-refractivity contribution in [1.29, 1.82) is 0 Å². The van der Waals surface area contributed by atoms with Gasteiger partial charge in [0.05, 0.1) is 0 Å². The van der Waals surface area contributed by atoms with E-state index in [9.17, 15) is 0 Å². The van der Waals surface area contributed by atoms with Gasteiger partial charge in [-0.3, -0.25) is 0 Å². The van der Waals surface area contributed by atoms with Crippen LogP contribution in [0.3, 0.4) is 0 Å². The standard InChI is InChI=1S/2C32H34N.2C31H32N/c1-21-7-4-5-10-30(21)32-19-31(22(2)20-33(32)3)28-14-13-25-15-27(12-11-26(25)16-28)29-17-23-8-6-9-24(23)18-29;1-21-6-4-5-7-29(21)32-19-30(22(2)20-33(32)3)27-14-12-26-18-28(15-13-25(26)17-27)31-16-23-8-10-24(31)11-9-23;1-20-6-4-5-7-28(20)31-18-29(21(2)19-32(31)3)26-12-10-24-17-27(13-11-23(24)16-26)30-15-22-8-9-25(30)14-22;1-20-6-4-5-7-29(20)31-18-30(21(2)19-32(31)3)27-11-10-24-16-26(9-8-25(24)17-27)28-14-22-12-23(13-22)15-28/h4-5,7,10-16,19-20,23-24,29H,6,8-9,17-18H2,1-3H3;4-7,12-15,17-20,23-24,31H,8-11,16H2,1-3H3;4-7,10-13,16-19,22,25,30H,8-9,14-15H2,1-3H3;4-11,16-19,22-23,28H,12-15H2,1-3H3/q4*+1. The molecule has 0 amide bonds. The van der Waals surface area contributed by atoms with Crippen LogP contribution in [0.25, 0.3) is 133 Å². The molecule has 130 heavy (non-hydrogen) atoms. The minimum Gasteiger partial charge on any atom is -0.201 e. The van der Waals surface area contributed by atoms with E-state index < -0.39 is 0 Å². The Hall–Kier alpha value is -11.7. The van der Waals surface area contributed by atoms with Crippen LogP contribution < -0.4 is 18.3 Å². The molecule has 4 aromatic heterocycles. The van der Waals surface area contributed by atoms with Crippen molar-refractivity contribution in [2.45, 2.75) is 195 Å². The van der Waals surface area contributed by atoms with Gasteiger partial charge in [-0.25, -0.2) is 18.3 Å². The largest absolute Gasteiger partial charge is 0.213 e. The van der Waals surface area contributed by atoms with Gasteiger partial charge in [0.1, 0.15) is 28.2 Å². The van der Waals surface area contributed by atoms with Crippen molar-refractivity contribution >= 4 is 43.1 Å². The Balaban J connectivity index is 0.000000105. The number of aromatic nitrogens is 4. The molecule has 10 fully saturated rings. The van der Waals surface area contributed by atoms with Crippen LogP contribution in [0.2, 0.25) is 0 Å². The Morgan fingerprint density at radius 2 is 0.485 bits per heavy atom. The van der Waals surface area contributed by atoms with E-state index in [-0.39, 0.29) is 0 Å². The topological polar surface area (TPSA) is 15.5 Å². The normalized spacial score (nSPS) is 22.1. The fourth-order valence-corrected chi connectivity index (χ4v) is 26.3. The summed E-state index contributed by atoms with van der Waals surface area (Å²) in [5.41, 5.74) is 37.5. The third kappa shape index (κ3) is 17.0. The van der Waals surface area contributed by atoms with Gasteiger partial charge in [-0.2, -0.15) is 0 Å². The minimum absolute atomic E-state index is 0.775. The Labute approximate surface area is 774 Å². The lowest BCUT2D eigenvalue weighted by Crippen LogP contribution is -2.32. The van der Waals surface area contributed by atoms with Crippen LogP contribution in [0.4, 0.5) is 0 Å². The molecule has 652 valence electrons. The van der Waals surface area contributed by atoms with E-state index in [0.717, 1.165) is 71.0 Å². The third-order valence-corrected chi connectivity index (χ3v) is 33.4. The van der Waals surface area contributed by atoms with Crippen molar-refractivity contribution in [2.24, 2.45) is 75.5 Å². The summed E-state index contributed by atoms with van der Waals surface area (Å²) >= 11 is 0. The highest BCUT2D eigenvalue weighted by atomic mass is 14.9. The monoisotopic (exact) mass is 1700 g/mol. The van der Waals surface area contributed by atoms with Gasteiger partial charge in [-0.05, 0) is 384 Å². The van der Waals surface area contributed by atoms with Crippen molar-refractivity contribution < 1.29 is 18.3 Å². The van der Waals surface area contributed by atoms with Gasteiger partial charge in [-0.1, -0.05) is 233 Å². The molecular weight excluding hydrogens is 1570 g/mol. The second-order valence-corrected chi connectivity index (χ2v) is 41.9. The number of hydrogen-bond donors (Lipinski definition) is 0. The van der Waals surface area contributed by atoms with Gasteiger partial charge in [0.15, 0.2) is 24.8 Å². The molecular formula is C126H132N4+4. The Morgan fingerprint density at radius 3 is 0.800 bits per heavy atom. The molecule has 0 N–H and O–H groups in total. The van der Waals surface area contributed by atoms with Crippen molar-refractivity contribution in [3.8, 4) is 89.5 Å². The quantitative estimate of drug-likeness (QED) is 0.108. The van der Waals surface area contributed by atoms with Gasteiger partial charge < -0.3 is 0 Å². The highest BCUT2D eigenvalue weighted by molar-refractivity contribution is 5.93. The molecule has 0 aliphatic heterocycles. The first-order valence-corrected chi connectivity index (χ1v) is 49.7. The number of benzene rings is 12. The predicted octanol–water partition coefficient (Wildman–Crippen LogP) is 30.9. The van der Waals surface area contributed by atoms with E-state index in [0.29, 0.717) is 0 Å². The predicted molar refractivity (Wildman–Crippen MR) is 544 cm³/mol. The molecule has 26 rings (SSSR count). The summed E-state index contributed by atoms with van der Waals surface area (Å²) < 4.78 is 9.02. The van der Waals surface area contributed by atoms with Gasteiger partial charge in [-0.15, -0.1) is 0 Å². The number of aryl methyl sites for hydroxylation is 12. The van der Waals surface area contributed by atoms with Crippen LogP contribution in [-0.4, -0.2) is 0 Å². The van der Waals surface area contributed by atoms with Crippen LogP contribution in [-0.2, 0) is 28.2 Å². The van der Waals surface area contributed by atoms with E-state index >= 15 is 0 Å². The van der Waals surface area contributed by atoms with Crippen LogP contribution in [0, 0.1) is 103 Å². The third-order valence-electron chi connectivity index (χ3n) is 33.4. The lowest BCUT2D eigenvalue weighted by atomic mass is 9.60. The van der Waals surface area contributed by atoms with Crippen molar-refractivity contribution in [1.82, 2.24) is 0 Å². The van der Waals surface area contributed by atoms with E-state index in [1.54, 1.807) is 22.3 Å². The zero-order chi connectivity index (χ0) is 88.7. The molecule has 16 aromatic rings. The number of fused-ring (bicyclic) bond motifs is 12. The van der Waals surface area contributed by atoms with Crippen molar-refractivity contribution in [3.63, 3.8) is 0 Å². The van der Waals surface area contributed by atoms with Crippen molar-refractivity contribution in [2.75, 3.05) is 0 Å². The molecule has 10 aliphatic carbocycles. The molecule has 4 nitrogen and oxygen atoms in total. The Kier molecular flexibility index (Phi) is 23.5. The highest BCUT2D eigenvalue weighted by Crippen LogP contribution is 2.56. The number of hydrogen-bond acceptors (Lipinski definition) is 0. The molecule has 4 heteroatoms. The van der Waals surface area contributed by atoms with E-state index in [2.05, 4.69) is 394 Å². The molecule has 6 bridgehead atoms. The molecule has 6 atom stereocenters. The molecule has 12 aromatic carbocycles. The summed E-state index contributed by atoms with van der Waals surface area (Å²) in [5.74, 6) is 11.0. The molecule has 6 unspecified atom stereocenters. The SMILES string of the molecule is Cc1c[n+](C)c(-c2ccccc2C)cc1-c1ccc2cc(C3CC4CC(C4)C3)ccc2c1.Cc1c[n+](C)c(-c2ccccc2C)cc1-c1ccc2cc(C3CC4CCC3C4)ccc2c1.Cc1c[n+](C)c(-c2ccccc2C)cc1-c1ccc2cc(C3CC4CCC3CC4)ccc2c1.Cc1c[n+](C)c(-c2ccccc2C)cc1-c1ccc2cc(C3CC4CCCC4C3)ccc2c1. The summed E-state index contributed by atoms with van der Waals surface area (Å²) in [6.07, 6.45) is 35.1. The molecule has 0 radical (unpaired) electrons. The molecule has 10 saturated carbocycles. The van der Waals surface area contributed by atoms with Gasteiger partial charge in [0.25, 0.3) is 0 Å². The summed E-state index contributed by atoms with van der Waals surface area (Å²) in [6, 6.07) is 101. The zero-order valence-electron chi connectivity index (χ0n) is 79.2. The summed E-state index contributed by atoms with van der Waals surface area (Å²) in [6.45, 7) is 17.7. The number of rotatable bonds is 12. The van der Waals surface area contributed by atoms with E-state index in [1.807, 2.05) is 0 Å². The average Bonchev–Trinajstić information content (AvgIpc) is 1.65. The Morgan fingerprint density at radius 1 is 0.200 bits per heavy atom. The van der Waals surface area contributed by atoms with Gasteiger partial charge >= 0.3 is 0 Å². The van der Waals surface area contributed by atoms with Crippen molar-refractivity contribution in [3.05, 3.63) is 358 Å². The fraction of sp³-hybridized carbons (Fsp3) is 0.333. The van der Waals surface area contributed by atoms with E-state index in [1.165, 1.54) is 293 Å². The van der Waals surface area contributed by atoms with E-state index in [4.69, 9.17) is 0 Å². The van der Waals surface area contributed by atoms with Crippen LogP contribution >= 0.6 is 0 Å². The lowest BCUT2D eigenvalue weighted by molar-refractivity contribution is -0.660. The molecule has 4 heterocycles. The number of nitrogens with zero attached hydrogens (tertiary/aromatic N) is 4. The first kappa shape index (κ1) is 85.1. The van der Waals surface area contributed by atoms with Crippen LogP contribution in [0.1, 0.15) is 206 Å². The highest BCUT2D eigenvalue weighted by Gasteiger charge is 2.42. The van der Waals surface area contributed by atoms with Gasteiger partial charge in [0.2, 0.25) is 22.8 Å². The maximum Gasteiger partial charge on any atom is 0.213 e. The second kappa shape index (κ2) is 35.9. The lowest BCUT2D eigenvalue weighted by Gasteiger charge is -2.45.